The minimum absolute atomic E-state index is 0.0339. The fourth-order valence-electron chi connectivity index (χ4n) is 10.7. The third kappa shape index (κ3) is 3.13. The van der Waals surface area contributed by atoms with Gasteiger partial charge in [0.25, 0.3) is 0 Å². The monoisotopic (exact) mass is 458 g/mol. The van der Waals surface area contributed by atoms with Crippen LogP contribution in [0, 0.1) is 45.8 Å². The van der Waals surface area contributed by atoms with E-state index in [9.17, 15) is 10.2 Å². The summed E-state index contributed by atoms with van der Waals surface area (Å²) in [6.45, 7) is 15.7. The molecule has 0 radical (unpaired) electrons. The lowest BCUT2D eigenvalue weighted by Crippen LogP contribution is -2.51. The second-order valence-corrected chi connectivity index (χ2v) is 13.9. The molecule has 0 heterocycles. The van der Waals surface area contributed by atoms with Crippen LogP contribution in [0.5, 0.6) is 0 Å². The number of ether oxygens (including phenoxy) is 1. The number of fused-ring (bicyclic) bond motifs is 2. The van der Waals surface area contributed by atoms with Gasteiger partial charge in [-0.3, -0.25) is 0 Å². The Kier molecular flexibility index (Phi) is 5.66. The molecule has 5 aliphatic carbocycles. The van der Waals surface area contributed by atoms with Gasteiger partial charge in [0.15, 0.2) is 0 Å². The molecule has 0 saturated heterocycles. The lowest BCUT2D eigenvalue weighted by molar-refractivity contribution is -0.0961. The summed E-state index contributed by atoms with van der Waals surface area (Å²) in [5.41, 5.74) is 1.60. The van der Waals surface area contributed by atoms with E-state index < -0.39 is 11.7 Å². The van der Waals surface area contributed by atoms with Gasteiger partial charge in [-0.15, -0.1) is 0 Å². The Morgan fingerprint density at radius 3 is 2.39 bits per heavy atom. The molecule has 0 aromatic heterocycles. The number of aliphatic hydroxyl groups is 2. The Hall–Kier alpha value is -0.540. The molecule has 5 unspecified atom stereocenters. The molecule has 5 rings (SSSR count). The van der Waals surface area contributed by atoms with Gasteiger partial charge < -0.3 is 14.9 Å². The summed E-state index contributed by atoms with van der Waals surface area (Å²) in [5, 5.41) is 22.4. The van der Waals surface area contributed by atoms with E-state index in [4.69, 9.17) is 4.74 Å². The van der Waals surface area contributed by atoms with Gasteiger partial charge in [-0.1, -0.05) is 47.0 Å². The van der Waals surface area contributed by atoms with E-state index in [1.165, 1.54) is 50.5 Å². The van der Waals surface area contributed by atoms with E-state index >= 15 is 0 Å². The van der Waals surface area contributed by atoms with Crippen LogP contribution in [0.3, 0.4) is 0 Å². The Bertz CT molecular complexity index is 810. The van der Waals surface area contributed by atoms with E-state index in [2.05, 4.69) is 34.6 Å². The van der Waals surface area contributed by atoms with Crippen molar-refractivity contribution in [1.29, 1.82) is 0 Å². The standard InChI is InChI=1S/C30H50O3/c1-8-10-21(17-27(5,6)32)33-26-19(3)28(7)15-16-30-20(4)29(30)14-9-11-18(2)22(29)12-13-23(30)24(28)25(26)31/h18,20-25,31-32H,8-17H2,1-7H3/t18?,20-,21-,22?,23+,24?,25?,28-,29?,30+/m1/s1. The molecule has 3 heteroatoms. The van der Waals surface area contributed by atoms with E-state index in [1.54, 1.807) is 0 Å². The number of aliphatic hydroxyl groups excluding tert-OH is 1. The maximum absolute atomic E-state index is 11.9. The fourth-order valence-corrected chi connectivity index (χ4v) is 10.7. The molecule has 188 valence electrons. The van der Waals surface area contributed by atoms with Gasteiger partial charge in [0.1, 0.15) is 18.0 Å². The van der Waals surface area contributed by atoms with E-state index in [0.717, 1.165) is 36.4 Å². The molecule has 3 nitrogen and oxygen atoms in total. The van der Waals surface area contributed by atoms with Crippen molar-refractivity contribution in [3.05, 3.63) is 11.3 Å². The van der Waals surface area contributed by atoms with Gasteiger partial charge in [0.05, 0.1) is 5.60 Å². The van der Waals surface area contributed by atoms with Gasteiger partial charge in [0.2, 0.25) is 0 Å². The van der Waals surface area contributed by atoms with E-state index in [-0.39, 0.29) is 11.5 Å². The van der Waals surface area contributed by atoms with Crippen molar-refractivity contribution in [2.75, 3.05) is 0 Å². The maximum atomic E-state index is 11.9. The third-order valence-corrected chi connectivity index (χ3v) is 12.1. The van der Waals surface area contributed by atoms with Crippen LogP contribution in [0.1, 0.15) is 113 Å². The normalized spacial score (nSPS) is 49.6. The topological polar surface area (TPSA) is 49.7 Å². The molecule has 33 heavy (non-hydrogen) atoms. The van der Waals surface area contributed by atoms with Crippen molar-refractivity contribution < 1.29 is 14.9 Å². The molecule has 0 aromatic carbocycles. The SMILES string of the molecule is CCC[C@H](CC(C)(C)O)OC1=C(C)[C@@]2(C)CC[C@@]34[C@H](C)C35CCCC(C)C5CC[C@H]4C2C1O. The van der Waals surface area contributed by atoms with Crippen molar-refractivity contribution in [2.45, 2.75) is 130 Å². The zero-order valence-corrected chi connectivity index (χ0v) is 22.4. The summed E-state index contributed by atoms with van der Waals surface area (Å²) in [5.74, 6) is 4.38. The first kappa shape index (κ1) is 24.2. The van der Waals surface area contributed by atoms with Crippen LogP contribution in [0.15, 0.2) is 11.3 Å². The second-order valence-electron chi connectivity index (χ2n) is 13.9. The van der Waals surface area contributed by atoms with Crippen LogP contribution in [0.4, 0.5) is 0 Å². The van der Waals surface area contributed by atoms with Crippen molar-refractivity contribution in [3.63, 3.8) is 0 Å². The predicted octanol–water partition coefficient (Wildman–Crippen LogP) is 6.87. The Morgan fingerprint density at radius 2 is 1.73 bits per heavy atom. The molecule has 4 fully saturated rings. The summed E-state index contributed by atoms with van der Waals surface area (Å²) in [6.07, 6.45) is 11.5. The maximum Gasteiger partial charge on any atom is 0.125 e. The fraction of sp³-hybridized carbons (Fsp3) is 0.933. The minimum Gasteiger partial charge on any atom is -0.492 e. The molecular weight excluding hydrogens is 408 g/mol. The molecule has 4 saturated carbocycles. The molecule has 0 aromatic rings. The summed E-state index contributed by atoms with van der Waals surface area (Å²) >= 11 is 0. The minimum atomic E-state index is -0.759. The number of allylic oxidation sites excluding steroid dienone is 1. The van der Waals surface area contributed by atoms with Crippen molar-refractivity contribution in [3.8, 4) is 0 Å². The smallest absolute Gasteiger partial charge is 0.125 e. The Labute approximate surface area is 202 Å². The summed E-state index contributed by atoms with van der Waals surface area (Å²) in [4.78, 5) is 0. The van der Waals surface area contributed by atoms with Gasteiger partial charge in [-0.2, -0.15) is 0 Å². The number of hydrogen-bond acceptors (Lipinski definition) is 3. The van der Waals surface area contributed by atoms with E-state index in [0.29, 0.717) is 29.1 Å². The number of rotatable bonds is 6. The van der Waals surface area contributed by atoms with Gasteiger partial charge in [0, 0.05) is 12.3 Å². The van der Waals surface area contributed by atoms with Gasteiger partial charge >= 0.3 is 0 Å². The summed E-state index contributed by atoms with van der Waals surface area (Å²) < 4.78 is 6.65. The summed E-state index contributed by atoms with van der Waals surface area (Å²) in [6, 6.07) is 0. The highest BCUT2D eigenvalue weighted by atomic mass is 16.5. The molecule has 5 aliphatic rings. The van der Waals surface area contributed by atoms with Crippen LogP contribution in [-0.4, -0.2) is 28.0 Å². The van der Waals surface area contributed by atoms with Gasteiger partial charge in [-0.05, 0) is 105 Å². The van der Waals surface area contributed by atoms with Crippen LogP contribution in [0.25, 0.3) is 0 Å². The predicted molar refractivity (Wildman–Crippen MR) is 133 cm³/mol. The van der Waals surface area contributed by atoms with Crippen LogP contribution in [-0.2, 0) is 4.74 Å². The summed E-state index contributed by atoms with van der Waals surface area (Å²) in [7, 11) is 0. The highest BCUT2D eigenvalue weighted by molar-refractivity contribution is 5.37. The van der Waals surface area contributed by atoms with Crippen molar-refractivity contribution >= 4 is 0 Å². The molecule has 0 aliphatic heterocycles. The lowest BCUT2D eigenvalue weighted by atomic mass is 9.48. The average Bonchev–Trinajstić information content (AvgIpc) is 3.19. The van der Waals surface area contributed by atoms with Crippen LogP contribution in [0.2, 0.25) is 0 Å². The quantitative estimate of drug-likeness (QED) is 0.457. The first-order valence-electron chi connectivity index (χ1n) is 14.2. The first-order chi connectivity index (χ1) is 15.4. The molecule has 0 amide bonds. The first-order valence-corrected chi connectivity index (χ1v) is 14.2. The Balaban J connectivity index is 1.45. The highest BCUT2D eigenvalue weighted by Crippen LogP contribution is 2.88. The van der Waals surface area contributed by atoms with Crippen molar-refractivity contribution in [2.24, 2.45) is 45.8 Å². The van der Waals surface area contributed by atoms with Crippen molar-refractivity contribution in [1.82, 2.24) is 0 Å². The highest BCUT2D eigenvalue weighted by Gasteiger charge is 2.83. The van der Waals surface area contributed by atoms with E-state index in [1.807, 2.05) is 13.8 Å². The zero-order chi connectivity index (χ0) is 24.0. The Morgan fingerprint density at radius 1 is 1.06 bits per heavy atom. The molecule has 2 N–H and O–H groups in total. The number of hydrogen-bond donors (Lipinski definition) is 2. The average molecular weight is 459 g/mol. The molecular formula is C30H50O3. The van der Waals surface area contributed by atoms with Crippen LogP contribution >= 0.6 is 0 Å². The van der Waals surface area contributed by atoms with Gasteiger partial charge in [-0.25, -0.2) is 0 Å². The molecule has 10 atom stereocenters. The molecule has 0 bridgehead atoms. The second kappa shape index (κ2) is 7.73. The van der Waals surface area contributed by atoms with Crippen LogP contribution < -0.4 is 0 Å². The zero-order valence-electron chi connectivity index (χ0n) is 22.4. The molecule has 2 spiro atoms. The third-order valence-electron chi connectivity index (χ3n) is 12.1. The lowest BCUT2D eigenvalue weighted by Gasteiger charge is -2.56. The largest absolute Gasteiger partial charge is 0.492 e.